The van der Waals surface area contributed by atoms with Crippen LogP contribution in [0.1, 0.15) is 5.69 Å². The third kappa shape index (κ3) is 1.46. The zero-order valence-corrected chi connectivity index (χ0v) is 9.21. The molecule has 0 aliphatic heterocycles. The molecule has 0 unspecified atom stereocenters. The fraction of sp³-hybridized carbons (Fsp3) is 0.111. The van der Waals surface area contributed by atoms with Gasteiger partial charge in [-0.25, -0.2) is 0 Å². The second kappa shape index (κ2) is 3.40. The van der Waals surface area contributed by atoms with Gasteiger partial charge in [0.15, 0.2) is 0 Å². The first kappa shape index (κ1) is 10.3. The molecule has 0 N–H and O–H groups in total. The molecule has 0 saturated heterocycles. The fourth-order valence-corrected chi connectivity index (χ4v) is 1.68. The van der Waals surface area contributed by atoms with E-state index in [0.717, 1.165) is 0 Å². The molecule has 0 fully saturated rings. The van der Waals surface area contributed by atoms with Gasteiger partial charge in [0.05, 0.1) is 4.43 Å². The summed E-state index contributed by atoms with van der Waals surface area (Å²) in [5, 5.41) is 11.9. The van der Waals surface area contributed by atoms with Crippen LogP contribution in [0.3, 0.4) is 0 Å². The quantitative estimate of drug-likeness (QED) is 0.669. The highest BCUT2D eigenvalue weighted by molar-refractivity contribution is 6.31. The Morgan fingerprint density at radius 2 is 2.07 bits per heavy atom. The van der Waals surface area contributed by atoms with Gasteiger partial charge in [-0.3, -0.25) is 0 Å². The molecule has 0 saturated carbocycles. The Morgan fingerprint density at radius 3 is 2.73 bits per heavy atom. The molecular formula is C9H6Cl2N2O2. The SMILES string of the molecule is Cc1c(Cl)[n+](=O)c2cc(Cl)ccc2n1[O-]. The molecular weight excluding hydrogens is 239 g/mol. The minimum absolute atomic E-state index is 0.139. The van der Waals surface area contributed by atoms with Crippen LogP contribution in [0.4, 0.5) is 0 Å². The second-order valence-electron chi connectivity index (χ2n) is 3.10. The standard InChI is InChI=1S/C9H6Cl2N2O2/c1-5-9(11)13(15)8-4-6(10)2-3-7(8)12(5)14/h2-4H,1H3. The van der Waals surface area contributed by atoms with E-state index < -0.39 is 0 Å². The number of benzene rings is 1. The largest absolute Gasteiger partial charge is 0.805 e. The Hall–Kier alpha value is -1.26. The summed E-state index contributed by atoms with van der Waals surface area (Å²) in [7, 11) is 0. The maximum absolute atomic E-state index is 11.6. The van der Waals surface area contributed by atoms with E-state index in [9.17, 15) is 10.1 Å². The molecule has 0 aliphatic rings. The van der Waals surface area contributed by atoms with Gasteiger partial charge in [0, 0.05) is 16.0 Å². The summed E-state index contributed by atoms with van der Waals surface area (Å²) in [6, 6.07) is 4.44. The van der Waals surface area contributed by atoms with E-state index in [-0.39, 0.29) is 21.9 Å². The minimum Gasteiger partial charge on any atom is -0.805 e. The number of nitrogens with zero attached hydrogens (tertiary/aromatic N) is 2. The van der Waals surface area contributed by atoms with Crippen molar-refractivity contribution in [3.8, 4) is 0 Å². The van der Waals surface area contributed by atoms with Crippen molar-refractivity contribution in [2.24, 2.45) is 0 Å². The van der Waals surface area contributed by atoms with Crippen LogP contribution >= 0.6 is 23.2 Å². The van der Waals surface area contributed by atoms with Gasteiger partial charge < -0.3 is 9.94 Å². The first-order chi connectivity index (χ1) is 7.02. The van der Waals surface area contributed by atoms with Crippen molar-refractivity contribution < 1.29 is 4.43 Å². The number of hydrogen-bond acceptors (Lipinski definition) is 2. The van der Waals surface area contributed by atoms with E-state index in [1.807, 2.05) is 0 Å². The maximum Gasteiger partial charge on any atom is 0.350 e. The lowest BCUT2D eigenvalue weighted by Crippen LogP contribution is -2.21. The molecule has 0 spiro atoms. The first-order valence-electron chi connectivity index (χ1n) is 4.13. The van der Waals surface area contributed by atoms with Gasteiger partial charge in [-0.1, -0.05) is 11.6 Å². The molecule has 6 heteroatoms. The Kier molecular flexibility index (Phi) is 2.32. The predicted octanol–water partition coefficient (Wildman–Crippen LogP) is 2.52. The number of fused-ring (bicyclic) bond motifs is 1. The topological polar surface area (TPSA) is 51.0 Å². The highest BCUT2D eigenvalue weighted by Gasteiger charge is 2.17. The molecule has 4 nitrogen and oxygen atoms in total. The lowest BCUT2D eigenvalue weighted by atomic mass is 10.3. The summed E-state index contributed by atoms with van der Waals surface area (Å²) in [5.41, 5.74) is 0.575. The van der Waals surface area contributed by atoms with Gasteiger partial charge in [0.25, 0.3) is 5.52 Å². The number of halogens is 2. The minimum atomic E-state index is -0.139. The lowest BCUT2D eigenvalue weighted by molar-refractivity contribution is -0.462. The molecule has 78 valence electrons. The van der Waals surface area contributed by atoms with Crippen LogP contribution in [0.25, 0.3) is 11.0 Å². The van der Waals surface area contributed by atoms with Crippen LogP contribution in [0.15, 0.2) is 18.2 Å². The average molecular weight is 245 g/mol. The van der Waals surface area contributed by atoms with Gasteiger partial charge in [-0.15, -0.1) is 0 Å². The van der Waals surface area contributed by atoms with Crippen molar-refractivity contribution in [3.05, 3.63) is 44.2 Å². The van der Waals surface area contributed by atoms with Gasteiger partial charge in [0.1, 0.15) is 11.2 Å². The van der Waals surface area contributed by atoms with Crippen LogP contribution in [0.5, 0.6) is 0 Å². The Bertz CT molecular complexity index is 607. The molecule has 2 rings (SSSR count). The summed E-state index contributed by atoms with van der Waals surface area (Å²) in [6.07, 6.45) is 0. The van der Waals surface area contributed by atoms with Crippen LogP contribution in [0, 0.1) is 17.0 Å². The average Bonchev–Trinajstić information content (AvgIpc) is 2.23. The summed E-state index contributed by atoms with van der Waals surface area (Å²) >= 11 is 11.4. The molecule has 1 aromatic heterocycles. The van der Waals surface area contributed by atoms with Crippen LogP contribution in [-0.4, -0.2) is 4.73 Å². The van der Waals surface area contributed by atoms with E-state index >= 15 is 0 Å². The van der Waals surface area contributed by atoms with E-state index in [2.05, 4.69) is 0 Å². The van der Waals surface area contributed by atoms with Crippen LogP contribution in [0.2, 0.25) is 10.2 Å². The molecule has 1 heterocycles. The zero-order valence-electron chi connectivity index (χ0n) is 7.70. The number of rotatable bonds is 0. The number of aromatic nitrogens is 2. The third-order valence-corrected chi connectivity index (χ3v) is 2.82. The predicted molar refractivity (Wildman–Crippen MR) is 58.8 cm³/mol. The second-order valence-corrected chi connectivity index (χ2v) is 3.89. The molecule has 0 amide bonds. The van der Waals surface area contributed by atoms with Crippen LogP contribution in [-0.2, 0) is 0 Å². The van der Waals surface area contributed by atoms with Crippen molar-refractivity contribution >= 4 is 34.2 Å². The fourth-order valence-electron chi connectivity index (χ4n) is 1.35. The van der Waals surface area contributed by atoms with Crippen molar-refractivity contribution in [2.45, 2.75) is 6.92 Å². The van der Waals surface area contributed by atoms with Gasteiger partial charge in [-0.2, -0.15) is 0 Å². The van der Waals surface area contributed by atoms with E-state index in [1.54, 1.807) is 6.07 Å². The van der Waals surface area contributed by atoms with E-state index in [4.69, 9.17) is 23.2 Å². The third-order valence-electron chi connectivity index (χ3n) is 2.16. The summed E-state index contributed by atoms with van der Waals surface area (Å²) in [5.74, 6) is 0. The van der Waals surface area contributed by atoms with Crippen molar-refractivity contribution in [2.75, 3.05) is 0 Å². The summed E-state index contributed by atoms with van der Waals surface area (Å²) in [4.78, 5) is 11.6. The summed E-state index contributed by atoms with van der Waals surface area (Å²) in [6.45, 7) is 1.48. The van der Waals surface area contributed by atoms with Crippen molar-refractivity contribution in [3.63, 3.8) is 0 Å². The van der Waals surface area contributed by atoms with Crippen molar-refractivity contribution in [1.29, 1.82) is 0 Å². The zero-order chi connectivity index (χ0) is 11.2. The van der Waals surface area contributed by atoms with Gasteiger partial charge in [-0.05, 0) is 30.7 Å². The highest BCUT2D eigenvalue weighted by Crippen LogP contribution is 2.19. The van der Waals surface area contributed by atoms with Gasteiger partial charge >= 0.3 is 5.15 Å². The van der Waals surface area contributed by atoms with Crippen molar-refractivity contribution in [1.82, 2.24) is 4.73 Å². The Morgan fingerprint density at radius 1 is 1.40 bits per heavy atom. The van der Waals surface area contributed by atoms with E-state index in [1.165, 1.54) is 19.1 Å². The molecule has 1 aromatic carbocycles. The normalized spacial score (nSPS) is 10.9. The molecule has 0 atom stereocenters. The highest BCUT2D eigenvalue weighted by atomic mass is 35.5. The Balaban J connectivity index is 3.08. The first-order valence-corrected chi connectivity index (χ1v) is 4.88. The Labute approximate surface area is 94.8 Å². The molecule has 0 aliphatic carbocycles. The molecule has 15 heavy (non-hydrogen) atoms. The maximum atomic E-state index is 11.6. The van der Waals surface area contributed by atoms with Crippen LogP contribution < -0.4 is 4.43 Å². The smallest absolute Gasteiger partial charge is 0.350 e. The van der Waals surface area contributed by atoms with E-state index in [0.29, 0.717) is 14.2 Å². The summed E-state index contributed by atoms with van der Waals surface area (Å²) < 4.78 is 1.11. The lowest BCUT2D eigenvalue weighted by Gasteiger charge is -2.14. The molecule has 2 aromatic rings. The monoisotopic (exact) mass is 244 g/mol. The number of hydrogen-bond donors (Lipinski definition) is 0. The molecule has 0 radical (unpaired) electrons. The molecule has 0 bridgehead atoms. The van der Waals surface area contributed by atoms with Gasteiger partial charge in [0.2, 0.25) is 0 Å².